The minimum atomic E-state index is -0.0965. The first-order valence-electron chi connectivity index (χ1n) is 10.1. The molecular weight excluding hydrogens is 352 g/mol. The molecule has 2 aliphatic rings. The molecule has 2 heterocycles. The van der Waals surface area contributed by atoms with E-state index in [1.807, 2.05) is 0 Å². The smallest absolute Gasteiger partial charge is 0.137 e. The summed E-state index contributed by atoms with van der Waals surface area (Å²) in [5.74, 6) is 0.262. The normalized spacial score (nSPS) is 24.6. The van der Waals surface area contributed by atoms with Crippen LogP contribution in [0.1, 0.15) is 28.7 Å². The average Bonchev–Trinajstić information content (AvgIpc) is 2.77. The highest BCUT2D eigenvalue weighted by atomic mass is 16.7. The Morgan fingerprint density at radius 1 is 1.00 bits per heavy atom. The predicted molar refractivity (Wildman–Crippen MR) is 109 cm³/mol. The number of rotatable bonds is 6. The summed E-state index contributed by atoms with van der Waals surface area (Å²) in [5, 5.41) is 2.06. The summed E-state index contributed by atoms with van der Waals surface area (Å²) in [6.07, 6.45) is 0.733. The lowest BCUT2D eigenvalue weighted by molar-refractivity contribution is -0.264. The van der Waals surface area contributed by atoms with Gasteiger partial charge in [-0.25, -0.2) is 0 Å². The van der Waals surface area contributed by atoms with Crippen molar-refractivity contribution in [3.8, 4) is 0 Å². The van der Waals surface area contributed by atoms with E-state index in [2.05, 4.69) is 64.6 Å². The first-order valence-corrected chi connectivity index (χ1v) is 10.1. The summed E-state index contributed by atoms with van der Waals surface area (Å²) in [6, 6.07) is 19.6. The van der Waals surface area contributed by atoms with Crippen LogP contribution in [0.5, 0.6) is 0 Å². The minimum Gasteiger partial charge on any atom is -0.379 e. The van der Waals surface area contributed by atoms with Crippen LogP contribution < -0.4 is 0 Å². The lowest BCUT2D eigenvalue weighted by atomic mass is 9.81. The van der Waals surface area contributed by atoms with E-state index >= 15 is 0 Å². The SMILES string of the molecule is COC1Cc2ccccc2C(C(CN2CCOCC2)c2ccccc2)N1OC. The Labute approximate surface area is 167 Å². The molecular formula is C23H30N2O3. The van der Waals surface area contributed by atoms with Crippen molar-refractivity contribution < 1.29 is 14.3 Å². The highest BCUT2D eigenvalue weighted by Crippen LogP contribution is 2.43. The van der Waals surface area contributed by atoms with E-state index in [1.165, 1.54) is 16.7 Å². The number of hydrogen-bond acceptors (Lipinski definition) is 5. The third-order valence-electron chi connectivity index (χ3n) is 5.98. The second-order valence-electron chi connectivity index (χ2n) is 7.51. The van der Waals surface area contributed by atoms with Crippen molar-refractivity contribution in [1.29, 1.82) is 0 Å². The van der Waals surface area contributed by atoms with Crippen molar-refractivity contribution in [1.82, 2.24) is 9.96 Å². The van der Waals surface area contributed by atoms with E-state index in [0.717, 1.165) is 39.3 Å². The quantitative estimate of drug-likeness (QED) is 0.766. The van der Waals surface area contributed by atoms with Gasteiger partial charge in [0, 0.05) is 39.1 Å². The Balaban J connectivity index is 1.75. The summed E-state index contributed by atoms with van der Waals surface area (Å²) >= 11 is 0. The molecule has 1 fully saturated rings. The molecule has 0 bridgehead atoms. The van der Waals surface area contributed by atoms with Crippen molar-refractivity contribution in [3.05, 3.63) is 71.3 Å². The molecule has 0 aromatic heterocycles. The number of fused-ring (bicyclic) bond motifs is 1. The number of methoxy groups -OCH3 is 1. The third kappa shape index (κ3) is 4.00. The van der Waals surface area contributed by atoms with Crippen molar-refractivity contribution in [2.45, 2.75) is 24.6 Å². The molecule has 0 amide bonds. The molecule has 0 radical (unpaired) electrons. The maximum atomic E-state index is 5.92. The Morgan fingerprint density at radius 2 is 1.71 bits per heavy atom. The number of morpholine rings is 1. The maximum Gasteiger partial charge on any atom is 0.137 e. The highest BCUT2D eigenvalue weighted by molar-refractivity contribution is 5.36. The van der Waals surface area contributed by atoms with Gasteiger partial charge in [0.2, 0.25) is 0 Å². The summed E-state index contributed by atoms with van der Waals surface area (Å²) in [6.45, 7) is 4.51. The average molecular weight is 383 g/mol. The zero-order chi connectivity index (χ0) is 19.3. The molecule has 0 spiro atoms. The third-order valence-corrected chi connectivity index (χ3v) is 5.98. The first kappa shape index (κ1) is 19.6. The van der Waals surface area contributed by atoms with Gasteiger partial charge in [0.15, 0.2) is 0 Å². The monoisotopic (exact) mass is 382 g/mol. The summed E-state index contributed by atoms with van der Waals surface area (Å²) in [4.78, 5) is 8.43. The van der Waals surface area contributed by atoms with Gasteiger partial charge in [0.05, 0.1) is 26.4 Å². The lowest BCUT2D eigenvalue weighted by Gasteiger charge is -2.45. The fourth-order valence-corrected chi connectivity index (χ4v) is 4.57. The van der Waals surface area contributed by atoms with E-state index in [1.54, 1.807) is 14.2 Å². The summed E-state index contributed by atoms with van der Waals surface area (Å²) in [5.41, 5.74) is 4.00. The Kier molecular flexibility index (Phi) is 6.40. The van der Waals surface area contributed by atoms with Gasteiger partial charge in [-0.15, -0.1) is 0 Å². The van der Waals surface area contributed by atoms with Crippen LogP contribution in [0.25, 0.3) is 0 Å². The van der Waals surface area contributed by atoms with Gasteiger partial charge in [-0.2, -0.15) is 5.06 Å². The van der Waals surface area contributed by atoms with Crippen LogP contribution in [0.3, 0.4) is 0 Å². The molecule has 1 saturated heterocycles. The predicted octanol–water partition coefficient (Wildman–Crippen LogP) is 3.24. The molecule has 4 rings (SSSR count). The molecule has 2 aromatic carbocycles. The largest absolute Gasteiger partial charge is 0.379 e. The Bertz CT molecular complexity index is 749. The van der Waals surface area contributed by atoms with Crippen LogP contribution in [0.2, 0.25) is 0 Å². The molecule has 2 aromatic rings. The Hall–Kier alpha value is -1.76. The van der Waals surface area contributed by atoms with E-state index in [4.69, 9.17) is 14.3 Å². The second kappa shape index (κ2) is 9.16. The lowest BCUT2D eigenvalue weighted by Crippen LogP contribution is -2.49. The molecule has 150 valence electrons. The highest BCUT2D eigenvalue weighted by Gasteiger charge is 2.40. The molecule has 3 unspecified atom stereocenters. The number of hydroxylamine groups is 2. The first-order chi connectivity index (χ1) is 13.8. The van der Waals surface area contributed by atoms with Gasteiger partial charge in [-0.1, -0.05) is 54.6 Å². The van der Waals surface area contributed by atoms with Crippen molar-refractivity contribution >= 4 is 0 Å². The van der Waals surface area contributed by atoms with Gasteiger partial charge >= 0.3 is 0 Å². The Morgan fingerprint density at radius 3 is 2.43 bits per heavy atom. The van der Waals surface area contributed by atoms with E-state index in [0.29, 0.717) is 0 Å². The number of ether oxygens (including phenoxy) is 2. The van der Waals surface area contributed by atoms with Crippen molar-refractivity contribution in [3.63, 3.8) is 0 Å². The molecule has 28 heavy (non-hydrogen) atoms. The standard InChI is InChI=1S/C23H30N2O3/c1-26-22-16-19-10-6-7-11-20(19)23(25(22)27-2)21(18-8-4-3-5-9-18)17-24-12-14-28-15-13-24/h3-11,21-23H,12-17H2,1-2H3. The fraction of sp³-hybridized carbons (Fsp3) is 0.478. The molecule has 5 heteroatoms. The van der Waals surface area contributed by atoms with Crippen LogP contribution in [-0.2, 0) is 20.7 Å². The van der Waals surface area contributed by atoms with Gasteiger partial charge in [0.25, 0.3) is 0 Å². The fourth-order valence-electron chi connectivity index (χ4n) is 4.57. The molecule has 2 aliphatic heterocycles. The van der Waals surface area contributed by atoms with E-state index < -0.39 is 0 Å². The molecule has 0 saturated carbocycles. The van der Waals surface area contributed by atoms with Gasteiger partial charge < -0.3 is 9.47 Å². The van der Waals surface area contributed by atoms with E-state index in [-0.39, 0.29) is 18.2 Å². The topological polar surface area (TPSA) is 34.2 Å². The van der Waals surface area contributed by atoms with Crippen molar-refractivity contribution in [2.24, 2.45) is 0 Å². The van der Waals surface area contributed by atoms with Crippen LogP contribution in [-0.4, -0.2) is 63.3 Å². The molecule has 5 nitrogen and oxygen atoms in total. The zero-order valence-corrected chi connectivity index (χ0v) is 16.8. The van der Waals surface area contributed by atoms with Crippen LogP contribution in [0, 0.1) is 0 Å². The van der Waals surface area contributed by atoms with Crippen LogP contribution >= 0.6 is 0 Å². The number of nitrogens with zero attached hydrogens (tertiary/aromatic N) is 2. The van der Waals surface area contributed by atoms with Gasteiger partial charge in [0.1, 0.15) is 6.23 Å². The van der Waals surface area contributed by atoms with E-state index in [9.17, 15) is 0 Å². The summed E-state index contributed by atoms with van der Waals surface area (Å²) in [7, 11) is 3.52. The summed E-state index contributed by atoms with van der Waals surface area (Å²) < 4.78 is 11.4. The zero-order valence-electron chi connectivity index (χ0n) is 16.8. The number of benzene rings is 2. The van der Waals surface area contributed by atoms with Crippen LogP contribution in [0.4, 0.5) is 0 Å². The minimum absolute atomic E-state index is 0.0881. The maximum absolute atomic E-state index is 5.92. The molecule has 0 N–H and O–H groups in total. The van der Waals surface area contributed by atoms with Gasteiger partial charge in [-0.05, 0) is 16.7 Å². The van der Waals surface area contributed by atoms with Crippen molar-refractivity contribution in [2.75, 3.05) is 47.1 Å². The number of hydrogen-bond donors (Lipinski definition) is 0. The molecule has 3 atom stereocenters. The second-order valence-corrected chi connectivity index (χ2v) is 7.51. The molecule has 0 aliphatic carbocycles. The van der Waals surface area contributed by atoms with Gasteiger partial charge in [-0.3, -0.25) is 9.74 Å². The van der Waals surface area contributed by atoms with Crippen LogP contribution in [0.15, 0.2) is 54.6 Å².